The number of hydrogen-bond donors (Lipinski definition) is 2. The number of carbonyl (C=O) groups is 2. The van der Waals surface area contributed by atoms with Crippen LogP contribution >= 0.6 is 0 Å². The third-order valence-electron chi connectivity index (χ3n) is 5.07. The second kappa shape index (κ2) is 7.29. The Morgan fingerprint density at radius 1 is 1.27 bits per heavy atom. The lowest BCUT2D eigenvalue weighted by molar-refractivity contribution is -0.117. The molecule has 1 saturated heterocycles. The molecular formula is C19H23N5O2. The standard InChI is InChI=1S/C19H23N5O2/c25-18(23-10-7-14-4-1-2-6-17(14)23)13-21-19(26)16-8-11-24(22-16)15-5-3-9-20-12-15/h1-2,4,6,8,11,15,20H,3,5,7,9-10,12-13H2,(H,21,26). The van der Waals surface area contributed by atoms with Gasteiger partial charge in [0.2, 0.25) is 5.91 Å². The van der Waals surface area contributed by atoms with E-state index >= 15 is 0 Å². The number of piperidine rings is 1. The second-order valence-corrected chi connectivity index (χ2v) is 6.79. The number of hydrogen-bond acceptors (Lipinski definition) is 4. The maximum atomic E-state index is 12.5. The predicted octanol–water partition coefficient (Wildman–Crippen LogP) is 1.13. The summed E-state index contributed by atoms with van der Waals surface area (Å²) in [7, 11) is 0. The maximum absolute atomic E-state index is 12.5. The van der Waals surface area contributed by atoms with Gasteiger partial charge in [-0.3, -0.25) is 14.3 Å². The third kappa shape index (κ3) is 3.35. The van der Waals surface area contributed by atoms with E-state index in [0.717, 1.165) is 38.0 Å². The molecule has 0 bridgehead atoms. The van der Waals surface area contributed by atoms with Gasteiger partial charge in [-0.05, 0) is 43.5 Å². The highest BCUT2D eigenvalue weighted by Crippen LogP contribution is 2.27. The van der Waals surface area contributed by atoms with Gasteiger partial charge in [0.1, 0.15) is 5.69 Å². The van der Waals surface area contributed by atoms with Crippen LogP contribution in [0.4, 0.5) is 5.69 Å². The smallest absolute Gasteiger partial charge is 0.272 e. The molecule has 1 aromatic heterocycles. The van der Waals surface area contributed by atoms with Crippen molar-refractivity contribution in [3.05, 3.63) is 47.8 Å². The second-order valence-electron chi connectivity index (χ2n) is 6.79. The van der Waals surface area contributed by atoms with Crippen molar-refractivity contribution in [2.45, 2.75) is 25.3 Å². The van der Waals surface area contributed by atoms with Crippen molar-refractivity contribution in [2.24, 2.45) is 0 Å². The van der Waals surface area contributed by atoms with E-state index < -0.39 is 0 Å². The Hall–Kier alpha value is -2.67. The number of rotatable bonds is 4. The lowest BCUT2D eigenvalue weighted by atomic mass is 10.1. The number of fused-ring (bicyclic) bond motifs is 1. The zero-order chi connectivity index (χ0) is 17.9. The summed E-state index contributed by atoms with van der Waals surface area (Å²) in [5.41, 5.74) is 2.47. The molecule has 2 aliphatic heterocycles. The Morgan fingerprint density at radius 3 is 3.00 bits per heavy atom. The van der Waals surface area contributed by atoms with Crippen molar-refractivity contribution in [2.75, 3.05) is 31.1 Å². The van der Waals surface area contributed by atoms with E-state index in [9.17, 15) is 9.59 Å². The summed E-state index contributed by atoms with van der Waals surface area (Å²) in [5.74, 6) is -0.410. The van der Waals surface area contributed by atoms with Gasteiger partial charge in [-0.25, -0.2) is 0 Å². The van der Waals surface area contributed by atoms with E-state index in [4.69, 9.17) is 0 Å². The molecule has 1 fully saturated rings. The van der Waals surface area contributed by atoms with Crippen LogP contribution in [-0.4, -0.2) is 47.8 Å². The zero-order valence-corrected chi connectivity index (χ0v) is 14.6. The normalized spacial score (nSPS) is 19.2. The van der Waals surface area contributed by atoms with Crippen LogP contribution in [0.2, 0.25) is 0 Å². The molecule has 3 heterocycles. The van der Waals surface area contributed by atoms with Gasteiger partial charge in [0.05, 0.1) is 12.6 Å². The van der Waals surface area contributed by atoms with Gasteiger partial charge < -0.3 is 15.5 Å². The first kappa shape index (κ1) is 16.8. The molecule has 2 aliphatic rings. The summed E-state index contributed by atoms with van der Waals surface area (Å²) in [6, 6.07) is 9.88. The molecule has 4 rings (SSSR count). The average Bonchev–Trinajstić information content (AvgIpc) is 3.34. The fourth-order valence-corrected chi connectivity index (χ4v) is 3.66. The molecule has 0 radical (unpaired) electrons. The van der Waals surface area contributed by atoms with Crippen LogP contribution in [0.3, 0.4) is 0 Å². The maximum Gasteiger partial charge on any atom is 0.272 e. The summed E-state index contributed by atoms with van der Waals surface area (Å²) >= 11 is 0. The average molecular weight is 353 g/mol. The number of nitrogens with one attached hydrogen (secondary N) is 2. The highest BCUT2D eigenvalue weighted by molar-refractivity contribution is 6.00. The van der Waals surface area contributed by atoms with Crippen LogP contribution in [0, 0.1) is 0 Å². The van der Waals surface area contributed by atoms with Gasteiger partial charge >= 0.3 is 0 Å². The summed E-state index contributed by atoms with van der Waals surface area (Å²) in [4.78, 5) is 26.5. The first-order valence-corrected chi connectivity index (χ1v) is 9.15. The fraction of sp³-hybridized carbons (Fsp3) is 0.421. The highest BCUT2D eigenvalue weighted by Gasteiger charge is 2.24. The zero-order valence-electron chi connectivity index (χ0n) is 14.6. The molecule has 7 heteroatoms. The first-order chi connectivity index (χ1) is 12.7. The van der Waals surface area contributed by atoms with Gasteiger partial charge in [-0.2, -0.15) is 5.10 Å². The number of amides is 2. The molecule has 26 heavy (non-hydrogen) atoms. The molecule has 136 valence electrons. The first-order valence-electron chi connectivity index (χ1n) is 9.15. The van der Waals surface area contributed by atoms with E-state index in [0.29, 0.717) is 12.2 Å². The quantitative estimate of drug-likeness (QED) is 0.864. The Morgan fingerprint density at radius 2 is 2.15 bits per heavy atom. The van der Waals surface area contributed by atoms with Crippen LogP contribution < -0.4 is 15.5 Å². The monoisotopic (exact) mass is 353 g/mol. The van der Waals surface area contributed by atoms with Crippen LogP contribution in [0.1, 0.15) is 34.9 Å². The lowest BCUT2D eigenvalue weighted by Crippen LogP contribution is -2.39. The van der Waals surface area contributed by atoms with E-state index in [1.807, 2.05) is 35.1 Å². The van der Waals surface area contributed by atoms with Crippen molar-refractivity contribution in [1.29, 1.82) is 0 Å². The molecule has 1 unspecified atom stereocenters. The van der Waals surface area contributed by atoms with Crippen LogP contribution in [0.15, 0.2) is 36.5 Å². The Bertz CT molecular complexity index is 810. The highest BCUT2D eigenvalue weighted by atomic mass is 16.2. The number of para-hydroxylation sites is 1. The number of anilines is 1. The minimum atomic E-state index is -0.312. The van der Waals surface area contributed by atoms with Crippen LogP contribution in [-0.2, 0) is 11.2 Å². The van der Waals surface area contributed by atoms with E-state index in [-0.39, 0.29) is 24.4 Å². The van der Waals surface area contributed by atoms with Gasteiger partial charge in [0.15, 0.2) is 0 Å². The van der Waals surface area contributed by atoms with Crippen molar-refractivity contribution >= 4 is 17.5 Å². The van der Waals surface area contributed by atoms with E-state index in [1.165, 1.54) is 5.56 Å². The number of benzene rings is 1. The third-order valence-corrected chi connectivity index (χ3v) is 5.07. The number of carbonyl (C=O) groups excluding carboxylic acids is 2. The minimum Gasteiger partial charge on any atom is -0.342 e. The molecule has 0 spiro atoms. The molecule has 0 saturated carbocycles. The van der Waals surface area contributed by atoms with E-state index in [2.05, 4.69) is 15.7 Å². The fourth-order valence-electron chi connectivity index (χ4n) is 3.66. The van der Waals surface area contributed by atoms with Gasteiger partial charge in [-0.1, -0.05) is 18.2 Å². The summed E-state index contributed by atoms with van der Waals surface area (Å²) in [5, 5.41) is 10.4. The van der Waals surface area contributed by atoms with E-state index in [1.54, 1.807) is 11.0 Å². The summed E-state index contributed by atoms with van der Waals surface area (Å²) < 4.78 is 1.85. The SMILES string of the molecule is O=C(NCC(=O)N1CCc2ccccc21)c1ccn(C2CCCNC2)n1. The summed E-state index contributed by atoms with van der Waals surface area (Å²) in [6.45, 7) is 2.55. The Kier molecular flexibility index (Phi) is 4.71. The Labute approximate surface area is 152 Å². The minimum absolute atomic E-state index is 0.0228. The van der Waals surface area contributed by atoms with Gasteiger partial charge in [0.25, 0.3) is 5.91 Å². The molecule has 2 N–H and O–H groups in total. The van der Waals surface area contributed by atoms with Gasteiger partial charge in [-0.15, -0.1) is 0 Å². The molecule has 1 aromatic carbocycles. The summed E-state index contributed by atoms with van der Waals surface area (Å²) in [6.07, 6.45) is 4.86. The van der Waals surface area contributed by atoms with Crippen LogP contribution in [0.5, 0.6) is 0 Å². The molecule has 2 amide bonds. The van der Waals surface area contributed by atoms with Crippen molar-refractivity contribution in [1.82, 2.24) is 20.4 Å². The molecule has 2 aromatic rings. The number of nitrogens with zero attached hydrogens (tertiary/aromatic N) is 3. The van der Waals surface area contributed by atoms with Crippen molar-refractivity contribution < 1.29 is 9.59 Å². The lowest BCUT2D eigenvalue weighted by Gasteiger charge is -2.22. The topological polar surface area (TPSA) is 79.3 Å². The predicted molar refractivity (Wildman–Crippen MR) is 98.2 cm³/mol. The molecular weight excluding hydrogens is 330 g/mol. The van der Waals surface area contributed by atoms with Gasteiger partial charge in [0, 0.05) is 25.0 Å². The largest absolute Gasteiger partial charge is 0.342 e. The van der Waals surface area contributed by atoms with Crippen molar-refractivity contribution in [3.63, 3.8) is 0 Å². The Balaban J connectivity index is 1.34. The molecule has 7 nitrogen and oxygen atoms in total. The molecule has 1 atom stereocenters. The van der Waals surface area contributed by atoms with Crippen LogP contribution in [0.25, 0.3) is 0 Å². The molecule has 0 aliphatic carbocycles. The number of aromatic nitrogens is 2. The van der Waals surface area contributed by atoms with Crippen molar-refractivity contribution in [3.8, 4) is 0 Å².